The molecule has 1 atom stereocenters. The minimum atomic E-state index is -0.101. The van der Waals surface area contributed by atoms with Crippen molar-refractivity contribution in [3.8, 4) is 11.3 Å². The highest BCUT2D eigenvalue weighted by Gasteiger charge is 2.29. The van der Waals surface area contributed by atoms with E-state index in [1.165, 1.54) is 5.56 Å². The van der Waals surface area contributed by atoms with E-state index in [0.29, 0.717) is 18.2 Å². The number of likely N-dealkylation sites (tertiary alicyclic amines) is 1. The standard InChI is InChI=1S/C22H22N2O3/c25-15-18-6-4-5-16(12-18)11-17-9-10-24(14-17)22(26)21-13-20(23-27-21)19-7-2-1-3-8-19/h1-8,12-13,17,25H,9-11,14-15H2/t17-/m1/s1. The van der Waals surface area contributed by atoms with Crippen molar-refractivity contribution in [2.24, 2.45) is 5.92 Å². The third-order valence-electron chi connectivity index (χ3n) is 5.06. The number of benzene rings is 2. The van der Waals surface area contributed by atoms with Crippen LogP contribution in [0.3, 0.4) is 0 Å². The quantitative estimate of drug-likeness (QED) is 0.754. The van der Waals surface area contributed by atoms with Gasteiger partial charge in [0.2, 0.25) is 5.76 Å². The molecule has 0 saturated carbocycles. The third kappa shape index (κ3) is 3.93. The van der Waals surface area contributed by atoms with Gasteiger partial charge in [-0.2, -0.15) is 0 Å². The molecular weight excluding hydrogens is 340 g/mol. The fourth-order valence-electron chi connectivity index (χ4n) is 3.65. The second kappa shape index (κ2) is 7.76. The Kier molecular flexibility index (Phi) is 5.03. The van der Waals surface area contributed by atoms with Crippen LogP contribution in [0.5, 0.6) is 0 Å². The van der Waals surface area contributed by atoms with Crippen molar-refractivity contribution in [1.29, 1.82) is 0 Å². The fraction of sp³-hybridized carbons (Fsp3) is 0.273. The van der Waals surface area contributed by atoms with Crippen molar-refractivity contribution >= 4 is 5.91 Å². The van der Waals surface area contributed by atoms with Gasteiger partial charge in [-0.1, -0.05) is 59.8 Å². The van der Waals surface area contributed by atoms with Crippen molar-refractivity contribution in [1.82, 2.24) is 10.1 Å². The fourth-order valence-corrected chi connectivity index (χ4v) is 3.65. The minimum Gasteiger partial charge on any atom is -0.392 e. The summed E-state index contributed by atoms with van der Waals surface area (Å²) in [5.74, 6) is 0.604. The van der Waals surface area contributed by atoms with Crippen LogP contribution in [0.15, 0.2) is 65.2 Å². The molecule has 5 heteroatoms. The third-order valence-corrected chi connectivity index (χ3v) is 5.06. The summed E-state index contributed by atoms with van der Waals surface area (Å²) < 4.78 is 5.31. The van der Waals surface area contributed by atoms with Crippen LogP contribution >= 0.6 is 0 Å². The van der Waals surface area contributed by atoms with Gasteiger partial charge in [0.15, 0.2) is 0 Å². The van der Waals surface area contributed by atoms with E-state index in [-0.39, 0.29) is 18.3 Å². The molecule has 2 aromatic carbocycles. The maximum absolute atomic E-state index is 12.7. The van der Waals surface area contributed by atoms with E-state index < -0.39 is 0 Å². The Bertz CT molecular complexity index is 920. The van der Waals surface area contributed by atoms with Gasteiger partial charge in [-0.25, -0.2) is 0 Å². The summed E-state index contributed by atoms with van der Waals surface area (Å²) in [5.41, 5.74) is 3.74. The van der Waals surface area contributed by atoms with Crippen molar-refractivity contribution < 1.29 is 14.4 Å². The lowest BCUT2D eigenvalue weighted by Crippen LogP contribution is -2.28. The van der Waals surface area contributed by atoms with E-state index in [2.05, 4.69) is 11.2 Å². The van der Waals surface area contributed by atoms with Gasteiger partial charge >= 0.3 is 0 Å². The summed E-state index contributed by atoms with van der Waals surface area (Å²) in [6.45, 7) is 1.49. The van der Waals surface area contributed by atoms with Crippen LogP contribution in [0.25, 0.3) is 11.3 Å². The molecule has 1 aromatic heterocycles. The van der Waals surface area contributed by atoms with E-state index in [1.807, 2.05) is 53.4 Å². The predicted octanol–water partition coefficient (Wildman–Crippen LogP) is 3.54. The SMILES string of the molecule is O=C(c1cc(-c2ccccc2)no1)N1CC[C@H](Cc2cccc(CO)c2)C1. The number of aromatic nitrogens is 1. The van der Waals surface area contributed by atoms with Crippen molar-refractivity contribution in [2.45, 2.75) is 19.4 Å². The first kappa shape index (κ1) is 17.5. The highest BCUT2D eigenvalue weighted by atomic mass is 16.5. The summed E-state index contributed by atoms with van der Waals surface area (Å²) in [7, 11) is 0. The summed E-state index contributed by atoms with van der Waals surface area (Å²) in [6, 6.07) is 19.4. The topological polar surface area (TPSA) is 66.6 Å². The molecule has 3 aromatic rings. The lowest BCUT2D eigenvalue weighted by atomic mass is 9.97. The lowest BCUT2D eigenvalue weighted by Gasteiger charge is -2.15. The van der Waals surface area contributed by atoms with Gasteiger partial charge in [-0.3, -0.25) is 4.79 Å². The monoisotopic (exact) mass is 362 g/mol. The minimum absolute atomic E-state index is 0.0539. The van der Waals surface area contributed by atoms with Gasteiger partial charge in [0.05, 0.1) is 6.61 Å². The smallest absolute Gasteiger partial charge is 0.292 e. The number of hydrogen-bond donors (Lipinski definition) is 1. The highest BCUT2D eigenvalue weighted by molar-refractivity contribution is 5.92. The normalized spacial score (nSPS) is 16.6. The largest absolute Gasteiger partial charge is 0.392 e. The molecule has 1 aliphatic rings. The Hall–Kier alpha value is -2.92. The Morgan fingerprint density at radius 2 is 1.93 bits per heavy atom. The summed E-state index contributed by atoms with van der Waals surface area (Å²) in [4.78, 5) is 14.6. The summed E-state index contributed by atoms with van der Waals surface area (Å²) in [6.07, 6.45) is 1.87. The van der Waals surface area contributed by atoms with E-state index in [9.17, 15) is 9.90 Å². The first-order valence-corrected chi connectivity index (χ1v) is 9.23. The maximum atomic E-state index is 12.7. The number of amides is 1. The highest BCUT2D eigenvalue weighted by Crippen LogP contribution is 2.25. The molecule has 0 spiro atoms. The summed E-state index contributed by atoms with van der Waals surface area (Å²) in [5, 5.41) is 13.3. The van der Waals surface area contributed by atoms with E-state index >= 15 is 0 Å². The van der Waals surface area contributed by atoms with Gasteiger partial charge in [-0.05, 0) is 29.9 Å². The molecular formula is C22H22N2O3. The Balaban J connectivity index is 1.40. The molecule has 27 heavy (non-hydrogen) atoms. The maximum Gasteiger partial charge on any atom is 0.292 e. The van der Waals surface area contributed by atoms with Gasteiger partial charge in [0.1, 0.15) is 5.69 Å². The van der Waals surface area contributed by atoms with Crippen LogP contribution < -0.4 is 0 Å². The number of hydrogen-bond acceptors (Lipinski definition) is 4. The Morgan fingerprint density at radius 1 is 1.11 bits per heavy atom. The zero-order valence-electron chi connectivity index (χ0n) is 15.0. The molecule has 1 aliphatic heterocycles. The van der Waals surface area contributed by atoms with Gasteiger partial charge < -0.3 is 14.5 Å². The zero-order valence-corrected chi connectivity index (χ0v) is 15.0. The van der Waals surface area contributed by atoms with Crippen molar-refractivity contribution in [2.75, 3.05) is 13.1 Å². The second-order valence-corrected chi connectivity index (χ2v) is 7.03. The summed E-state index contributed by atoms with van der Waals surface area (Å²) >= 11 is 0. The van der Waals surface area contributed by atoms with Gasteiger partial charge in [-0.15, -0.1) is 0 Å². The van der Waals surface area contributed by atoms with Crippen LogP contribution in [0, 0.1) is 5.92 Å². The second-order valence-electron chi connectivity index (χ2n) is 7.03. The first-order valence-electron chi connectivity index (χ1n) is 9.23. The molecule has 1 saturated heterocycles. The van der Waals surface area contributed by atoms with Crippen LogP contribution in [-0.4, -0.2) is 34.2 Å². The average molecular weight is 362 g/mol. The number of carbonyl (C=O) groups is 1. The molecule has 1 fully saturated rings. The number of rotatable bonds is 5. The number of carbonyl (C=O) groups excluding carboxylic acids is 1. The van der Waals surface area contributed by atoms with Crippen LogP contribution in [0.1, 0.15) is 28.1 Å². The van der Waals surface area contributed by atoms with Gasteiger partial charge in [0, 0.05) is 24.7 Å². The molecule has 0 unspecified atom stereocenters. The molecule has 0 radical (unpaired) electrons. The van der Waals surface area contributed by atoms with Crippen LogP contribution in [0.2, 0.25) is 0 Å². The van der Waals surface area contributed by atoms with E-state index in [4.69, 9.17) is 4.52 Å². The van der Waals surface area contributed by atoms with E-state index in [0.717, 1.165) is 30.5 Å². The molecule has 1 N–H and O–H groups in total. The lowest BCUT2D eigenvalue weighted by molar-refractivity contribution is 0.0745. The predicted molar refractivity (Wildman–Crippen MR) is 102 cm³/mol. The van der Waals surface area contributed by atoms with Crippen LogP contribution in [-0.2, 0) is 13.0 Å². The number of aliphatic hydroxyl groups is 1. The van der Waals surface area contributed by atoms with Crippen molar-refractivity contribution in [3.05, 3.63) is 77.6 Å². The molecule has 1 amide bonds. The number of aliphatic hydroxyl groups excluding tert-OH is 1. The molecule has 4 rings (SSSR count). The van der Waals surface area contributed by atoms with E-state index in [1.54, 1.807) is 6.07 Å². The first-order chi connectivity index (χ1) is 13.2. The number of nitrogens with zero attached hydrogens (tertiary/aromatic N) is 2. The molecule has 0 aliphatic carbocycles. The van der Waals surface area contributed by atoms with Crippen LogP contribution in [0.4, 0.5) is 0 Å². The molecule has 5 nitrogen and oxygen atoms in total. The Labute approximate surface area is 158 Å². The molecule has 138 valence electrons. The zero-order chi connectivity index (χ0) is 18.6. The average Bonchev–Trinajstić information content (AvgIpc) is 3.38. The molecule has 2 heterocycles. The molecule has 0 bridgehead atoms. The van der Waals surface area contributed by atoms with Crippen molar-refractivity contribution in [3.63, 3.8) is 0 Å². The van der Waals surface area contributed by atoms with Gasteiger partial charge in [0.25, 0.3) is 5.91 Å². The Morgan fingerprint density at radius 3 is 2.74 bits per heavy atom.